The zero-order valence-corrected chi connectivity index (χ0v) is 36.6. The Bertz CT molecular complexity index is 1430. The van der Waals surface area contributed by atoms with Gasteiger partial charge in [-0.25, -0.2) is 0 Å². The molecule has 0 aliphatic heterocycles. The van der Waals surface area contributed by atoms with Crippen molar-refractivity contribution < 1.29 is 48.4 Å². The molecule has 13 nitrogen and oxygen atoms in total. The molecular weight excluding hydrogens is 763 g/mol. The van der Waals surface area contributed by atoms with Gasteiger partial charge < -0.3 is 40.8 Å². The van der Waals surface area contributed by atoms with Crippen LogP contribution in [0.3, 0.4) is 0 Å². The first-order valence-electron chi connectivity index (χ1n) is 21.9. The van der Waals surface area contributed by atoms with Crippen molar-refractivity contribution in [2.45, 2.75) is 143 Å². The number of hydrogen-bond donors (Lipinski definition) is 5. The number of carbonyl (C=O) groups excluding carboxylic acids is 3. The predicted molar refractivity (Wildman–Crippen MR) is 224 cm³/mol. The number of carboxylic acid groups (broad SMARTS) is 2. The SMILES string of the molecule is CC(C)CCCC(C)C1CCC2C3CC=C4CC(OCCOCCOC(=O)CCSCC(NC(=O)CCC(N)C(=O)O)C(=O)NCC(=O)O)CC[C@@]4(C)C3CC[C@@]12C. The second kappa shape index (κ2) is 22.8. The Morgan fingerprint density at radius 3 is 2.41 bits per heavy atom. The van der Waals surface area contributed by atoms with Crippen LogP contribution >= 0.6 is 11.8 Å². The fourth-order valence-electron chi connectivity index (χ4n) is 11.0. The molecule has 0 spiro atoms. The first kappa shape index (κ1) is 48.0. The van der Waals surface area contributed by atoms with E-state index in [1.54, 1.807) is 5.57 Å². The summed E-state index contributed by atoms with van der Waals surface area (Å²) in [6.07, 6.45) is 16.7. The van der Waals surface area contributed by atoms with Crippen molar-refractivity contribution in [1.29, 1.82) is 0 Å². The number of esters is 1. The lowest BCUT2D eigenvalue weighted by molar-refractivity contribution is -0.145. The van der Waals surface area contributed by atoms with Gasteiger partial charge in [-0.2, -0.15) is 11.8 Å². The molecule has 0 aromatic heterocycles. The summed E-state index contributed by atoms with van der Waals surface area (Å²) in [6, 6.07) is -2.31. The molecule has 0 saturated heterocycles. The molecule has 6 N–H and O–H groups in total. The van der Waals surface area contributed by atoms with Crippen LogP contribution in [-0.4, -0.2) is 103 Å². The molecule has 10 atom stereocenters. The van der Waals surface area contributed by atoms with Crippen molar-refractivity contribution in [3.8, 4) is 0 Å². The molecule has 330 valence electrons. The smallest absolute Gasteiger partial charge is 0.322 e. The van der Waals surface area contributed by atoms with Gasteiger partial charge >= 0.3 is 17.9 Å². The standard InChI is InChI=1S/C44H73N3O10S/c1-28(2)7-6-8-29(3)33-11-12-34-32-10-9-30-25-31(15-18-43(30,4)35(32)16-19-44(33,34)5)56-22-20-55-21-23-57-40(51)17-24-58-27-37(41(52)46-26-39(49)50)47-38(48)14-13-36(45)42(53)54/h9,28-29,31-37H,6-8,10-27,45H2,1-5H3,(H,46,52)(H,47,48)(H,49,50)(H,53,54)/t29?,31?,32?,33?,34?,35?,36?,37?,43-,44+/m1/s1. The quantitative estimate of drug-likeness (QED) is 0.0410. The molecule has 0 aromatic carbocycles. The maximum atomic E-state index is 12.5. The highest BCUT2D eigenvalue weighted by molar-refractivity contribution is 7.99. The van der Waals surface area contributed by atoms with E-state index in [1.807, 2.05) is 0 Å². The molecule has 4 aliphatic carbocycles. The minimum Gasteiger partial charge on any atom is -0.480 e. The number of thioether (sulfide) groups is 1. The van der Waals surface area contributed by atoms with Gasteiger partial charge in [0.1, 0.15) is 25.2 Å². The maximum Gasteiger partial charge on any atom is 0.322 e. The summed E-state index contributed by atoms with van der Waals surface area (Å²) < 4.78 is 17.3. The molecule has 3 fully saturated rings. The summed E-state index contributed by atoms with van der Waals surface area (Å²) in [4.78, 5) is 58.8. The van der Waals surface area contributed by atoms with Crippen molar-refractivity contribution in [2.75, 3.05) is 44.5 Å². The molecule has 58 heavy (non-hydrogen) atoms. The Labute approximate surface area is 350 Å². The lowest BCUT2D eigenvalue weighted by Gasteiger charge is -2.58. The number of nitrogens with one attached hydrogen (secondary N) is 2. The van der Waals surface area contributed by atoms with Gasteiger partial charge in [-0.1, -0.05) is 65.5 Å². The van der Waals surface area contributed by atoms with E-state index >= 15 is 0 Å². The molecular formula is C44H73N3O10S. The zero-order chi connectivity index (χ0) is 42.5. The van der Waals surface area contributed by atoms with E-state index in [0.717, 1.165) is 48.3 Å². The Morgan fingerprint density at radius 2 is 1.69 bits per heavy atom. The van der Waals surface area contributed by atoms with Crippen molar-refractivity contribution in [2.24, 2.45) is 52.1 Å². The highest BCUT2D eigenvalue weighted by atomic mass is 32.2. The number of rotatable bonds is 25. The van der Waals surface area contributed by atoms with E-state index < -0.39 is 48.4 Å². The van der Waals surface area contributed by atoms with E-state index in [2.05, 4.69) is 51.3 Å². The number of nitrogens with two attached hydrogens (primary N) is 1. The highest BCUT2D eigenvalue weighted by Crippen LogP contribution is 2.67. The normalized spacial score (nSPS) is 29.2. The van der Waals surface area contributed by atoms with Crippen LogP contribution in [0.5, 0.6) is 0 Å². The number of hydrogen-bond acceptors (Lipinski definition) is 10. The number of ether oxygens (including phenoxy) is 3. The second-order valence-electron chi connectivity index (χ2n) is 18.4. The zero-order valence-electron chi connectivity index (χ0n) is 35.8. The van der Waals surface area contributed by atoms with Crippen LogP contribution in [0.15, 0.2) is 11.6 Å². The van der Waals surface area contributed by atoms with Gasteiger partial charge in [0.15, 0.2) is 0 Å². The molecule has 8 unspecified atom stereocenters. The number of allylic oxidation sites excluding steroid dienone is 1. The number of carbonyl (C=O) groups is 5. The molecule has 0 aromatic rings. The van der Waals surface area contributed by atoms with Crippen LogP contribution < -0.4 is 16.4 Å². The van der Waals surface area contributed by atoms with E-state index in [4.69, 9.17) is 30.2 Å². The molecule has 0 heterocycles. The van der Waals surface area contributed by atoms with Gasteiger partial charge in [-0.05, 0) is 104 Å². The van der Waals surface area contributed by atoms with E-state index in [-0.39, 0.29) is 49.7 Å². The van der Waals surface area contributed by atoms with Crippen molar-refractivity contribution in [3.63, 3.8) is 0 Å². The Kier molecular flexibility index (Phi) is 18.9. The van der Waals surface area contributed by atoms with Gasteiger partial charge in [-0.15, -0.1) is 0 Å². The highest BCUT2D eigenvalue weighted by Gasteiger charge is 2.59. The topological polar surface area (TPSA) is 204 Å². The van der Waals surface area contributed by atoms with Gasteiger partial charge in [0.25, 0.3) is 0 Å². The summed E-state index contributed by atoms with van der Waals surface area (Å²) in [5, 5.41) is 22.5. The molecule has 3 saturated carbocycles. The largest absolute Gasteiger partial charge is 0.480 e. The van der Waals surface area contributed by atoms with Gasteiger partial charge in [-0.3, -0.25) is 24.0 Å². The molecule has 4 rings (SSSR count). The second-order valence-corrected chi connectivity index (χ2v) is 19.5. The lowest BCUT2D eigenvalue weighted by Crippen LogP contribution is -2.51. The molecule has 14 heteroatoms. The van der Waals surface area contributed by atoms with Crippen molar-refractivity contribution in [1.82, 2.24) is 10.6 Å². The third kappa shape index (κ3) is 13.4. The monoisotopic (exact) mass is 836 g/mol. The predicted octanol–water partition coefficient (Wildman–Crippen LogP) is 5.97. The fourth-order valence-corrected chi connectivity index (χ4v) is 11.9. The first-order chi connectivity index (χ1) is 27.5. The molecule has 0 radical (unpaired) electrons. The van der Waals surface area contributed by atoms with E-state index in [1.165, 1.54) is 69.5 Å². The number of carboxylic acids is 2. The Hall–Kier alpha value is -2.68. The first-order valence-corrected chi connectivity index (χ1v) is 23.1. The van der Waals surface area contributed by atoms with Crippen LogP contribution in [0.25, 0.3) is 0 Å². The molecule has 2 amide bonds. The van der Waals surface area contributed by atoms with Gasteiger partial charge in [0.05, 0.1) is 32.3 Å². The van der Waals surface area contributed by atoms with Crippen LogP contribution in [-0.2, 0) is 38.2 Å². The van der Waals surface area contributed by atoms with Crippen LogP contribution in [0.2, 0.25) is 0 Å². The van der Waals surface area contributed by atoms with Crippen LogP contribution in [0.1, 0.15) is 125 Å². The van der Waals surface area contributed by atoms with Crippen molar-refractivity contribution in [3.05, 3.63) is 11.6 Å². The average molecular weight is 836 g/mol. The molecule has 4 aliphatic rings. The summed E-state index contributed by atoms with van der Waals surface area (Å²) in [5.41, 5.74) is 7.85. The van der Waals surface area contributed by atoms with E-state index in [9.17, 15) is 24.0 Å². The number of fused-ring (bicyclic) bond motifs is 5. The van der Waals surface area contributed by atoms with Gasteiger partial charge in [0.2, 0.25) is 11.8 Å². The summed E-state index contributed by atoms with van der Waals surface area (Å²) in [6.45, 7) is 13.1. The lowest BCUT2D eigenvalue weighted by atomic mass is 9.47. The Balaban J connectivity index is 1.10. The van der Waals surface area contributed by atoms with E-state index in [0.29, 0.717) is 24.4 Å². The van der Waals surface area contributed by atoms with Crippen LogP contribution in [0, 0.1) is 46.3 Å². The minimum absolute atomic E-state index is 0.0645. The van der Waals surface area contributed by atoms with Crippen molar-refractivity contribution >= 4 is 41.5 Å². The fraction of sp³-hybridized carbons (Fsp3) is 0.841. The maximum absolute atomic E-state index is 12.5. The minimum atomic E-state index is -1.25. The van der Waals surface area contributed by atoms with Gasteiger partial charge in [0, 0.05) is 17.9 Å². The summed E-state index contributed by atoms with van der Waals surface area (Å²) in [7, 11) is 0. The van der Waals surface area contributed by atoms with Crippen LogP contribution in [0.4, 0.5) is 0 Å². The molecule has 0 bridgehead atoms. The summed E-state index contributed by atoms with van der Waals surface area (Å²) in [5.74, 6) is 1.12. The summed E-state index contributed by atoms with van der Waals surface area (Å²) >= 11 is 1.21. The number of aliphatic carboxylic acids is 2. The number of amides is 2. The third-order valence-corrected chi connectivity index (χ3v) is 15.2. The third-order valence-electron chi connectivity index (χ3n) is 14.1. The average Bonchev–Trinajstić information content (AvgIpc) is 3.53. The Morgan fingerprint density at radius 1 is 0.931 bits per heavy atom.